The van der Waals surface area contributed by atoms with Gasteiger partial charge in [-0.3, -0.25) is 43.5 Å². The van der Waals surface area contributed by atoms with Crippen LogP contribution in [0, 0.1) is 0 Å². The molecule has 28 heteroatoms. The number of hydrogen-bond acceptors (Lipinski definition) is 19. The van der Waals surface area contributed by atoms with Crippen molar-refractivity contribution in [2.45, 2.75) is 49.1 Å². The van der Waals surface area contributed by atoms with E-state index in [0.717, 1.165) is 29.6 Å². The highest BCUT2D eigenvalue weighted by atomic mass is 31.2. The minimum atomic E-state index is -4.99. The van der Waals surface area contributed by atoms with Crippen LogP contribution in [0.25, 0.3) is 22.3 Å². The number of aliphatic hydroxyl groups excluding tert-OH is 4. The molecule has 0 radical (unpaired) electrons. The number of rotatable bonds is 10. The molecule has 5 aromatic heterocycles. The first-order valence-electron chi connectivity index (χ1n) is 14.6. The maximum absolute atomic E-state index is 13.2. The van der Waals surface area contributed by atoms with E-state index >= 15 is 0 Å². The standard InChI is InChI=1S/C23H29N13O13P2/c24-16-10-17(28-5-27-16)33(6-29-10)20-14(39)12(37)8(48-20)3-46-50(42,43)35-1-2-36(23(35)26)51(44,45)47-4-9-13(38)15(40)21(49-9)34-7-30-11-18(34)31-22(25)32-19(11)41/h1-2,5-9,12-15,20-21,26,37-40H,3-4H2,(H7,24,25,27,28,31,32,41,42,43,44,45)/p+1/t8-,9-,12-,13-,14-,15-,20-,21-/m1/s1. The fraction of sp³-hybridized carbons (Fsp3) is 0.435. The van der Waals surface area contributed by atoms with Crippen LogP contribution in [0.1, 0.15) is 12.5 Å². The summed E-state index contributed by atoms with van der Waals surface area (Å²) >= 11 is 0. The Morgan fingerprint density at radius 3 is 2.08 bits per heavy atom. The minimum absolute atomic E-state index is 0.0624. The summed E-state index contributed by atoms with van der Waals surface area (Å²) in [6, 6.07) is 0. The Hall–Kier alpha value is -4.43. The van der Waals surface area contributed by atoms with Crippen LogP contribution in [0.2, 0.25) is 0 Å². The van der Waals surface area contributed by atoms with Crippen molar-refractivity contribution < 1.29 is 62.2 Å². The minimum Gasteiger partial charge on any atom is -0.387 e. The fourth-order valence-corrected chi connectivity index (χ4v) is 7.82. The van der Waals surface area contributed by atoms with Gasteiger partial charge >= 0.3 is 21.4 Å². The maximum atomic E-state index is 13.2. The number of nitrogens with two attached hydrogens (primary N) is 3. The van der Waals surface area contributed by atoms with Crippen LogP contribution in [0.3, 0.4) is 0 Å². The Morgan fingerprint density at radius 2 is 1.43 bits per heavy atom. The van der Waals surface area contributed by atoms with Gasteiger partial charge in [-0.05, 0) is 0 Å². The zero-order chi connectivity index (χ0) is 36.6. The van der Waals surface area contributed by atoms with Gasteiger partial charge in [0.1, 0.15) is 60.9 Å². The number of nitrogens with zero attached hydrogens (tertiary/aromatic N) is 9. The molecule has 26 nitrogen and oxygen atoms in total. The van der Waals surface area contributed by atoms with Crippen molar-refractivity contribution >= 4 is 55.5 Å². The number of nitrogens with one attached hydrogen (secondary N) is 1. The number of anilines is 3. The van der Waals surface area contributed by atoms with Gasteiger partial charge in [0.2, 0.25) is 5.95 Å². The molecule has 0 aliphatic carbocycles. The summed E-state index contributed by atoms with van der Waals surface area (Å²) in [5.74, 6) is -0.974. The van der Waals surface area contributed by atoms with E-state index in [9.17, 15) is 44.1 Å². The van der Waals surface area contributed by atoms with E-state index in [-0.39, 0.29) is 34.1 Å². The number of hydrogen-bond donors (Lipinski definition) is 10. The lowest BCUT2D eigenvalue weighted by molar-refractivity contribution is -0.523. The van der Waals surface area contributed by atoms with E-state index in [1.165, 1.54) is 10.9 Å². The molecule has 0 saturated carbocycles. The zero-order valence-electron chi connectivity index (χ0n) is 25.6. The number of fused-ring (bicyclic) bond motifs is 2. The van der Waals surface area contributed by atoms with Crippen LogP contribution in [0.5, 0.6) is 0 Å². The van der Waals surface area contributed by atoms with E-state index < -0.39 is 89.3 Å². The predicted octanol–water partition coefficient (Wildman–Crippen LogP) is -4.34. The third-order valence-electron chi connectivity index (χ3n) is 8.24. The van der Waals surface area contributed by atoms with E-state index in [2.05, 4.69) is 29.9 Å². The summed E-state index contributed by atoms with van der Waals surface area (Å²) in [5, 5.41) is 42.5. The second kappa shape index (κ2) is 12.7. The normalized spacial score (nSPS) is 29.1. The van der Waals surface area contributed by atoms with Crippen molar-refractivity contribution in [1.29, 1.82) is 0 Å². The van der Waals surface area contributed by atoms with Gasteiger partial charge in [0.25, 0.3) is 5.56 Å². The van der Waals surface area contributed by atoms with E-state index in [1.54, 1.807) is 0 Å². The Balaban J connectivity index is 1.01. The van der Waals surface area contributed by atoms with Crippen molar-refractivity contribution in [3.05, 3.63) is 41.7 Å². The molecule has 7 rings (SSSR count). The number of aromatic amines is 1. The summed E-state index contributed by atoms with van der Waals surface area (Å²) < 4.78 is 51.3. The van der Waals surface area contributed by atoms with Crippen LogP contribution >= 0.6 is 15.5 Å². The molecule has 5 aromatic rings. The van der Waals surface area contributed by atoms with Gasteiger partial charge in [-0.15, -0.1) is 8.68 Å². The molecule has 13 N–H and O–H groups in total. The van der Waals surface area contributed by atoms with Crippen LogP contribution in [-0.4, -0.2) is 123 Å². The lowest BCUT2D eigenvalue weighted by atomic mass is 10.1. The average molecular weight is 759 g/mol. The Labute approximate surface area is 282 Å². The third-order valence-corrected chi connectivity index (χ3v) is 11.0. The Bertz CT molecular complexity index is 2280. The maximum Gasteiger partial charge on any atom is 0.498 e. The van der Waals surface area contributed by atoms with Crippen molar-refractivity contribution in [3.63, 3.8) is 0 Å². The number of aliphatic hydroxyl groups is 4. The second-order valence-corrected chi connectivity index (χ2v) is 14.7. The highest BCUT2D eigenvalue weighted by molar-refractivity contribution is 7.51. The van der Waals surface area contributed by atoms with Crippen molar-refractivity contribution in [1.82, 2.24) is 43.4 Å². The molecule has 2 aliphatic rings. The summed E-state index contributed by atoms with van der Waals surface area (Å²) in [7, 11) is -9.96. The van der Waals surface area contributed by atoms with E-state index in [1.807, 2.05) is 0 Å². The Kier molecular flexibility index (Phi) is 8.68. The monoisotopic (exact) mass is 758 g/mol. The summed E-state index contributed by atoms with van der Waals surface area (Å²) in [5.41, 5.74) is 16.9. The molecule has 2 fully saturated rings. The van der Waals surface area contributed by atoms with Gasteiger partial charge in [-0.25, -0.2) is 29.1 Å². The lowest BCUT2D eigenvalue weighted by Gasteiger charge is -2.18. The highest BCUT2D eigenvalue weighted by Gasteiger charge is 2.48. The summed E-state index contributed by atoms with van der Waals surface area (Å²) in [6.07, 6.45) is -6.64. The van der Waals surface area contributed by atoms with E-state index in [4.69, 9.17) is 35.7 Å². The highest BCUT2D eigenvalue weighted by Crippen LogP contribution is 2.48. The van der Waals surface area contributed by atoms with Gasteiger partial charge in [0, 0.05) is 0 Å². The number of aromatic nitrogens is 10. The molecule has 0 bridgehead atoms. The fourth-order valence-electron chi connectivity index (χ4n) is 5.66. The molecule has 10 atom stereocenters. The van der Waals surface area contributed by atoms with Crippen LogP contribution < -0.4 is 27.1 Å². The molecule has 274 valence electrons. The zero-order valence-corrected chi connectivity index (χ0v) is 27.4. The smallest absolute Gasteiger partial charge is 0.387 e. The second-order valence-electron chi connectivity index (χ2n) is 11.4. The first kappa shape index (κ1) is 35.0. The molecular weight excluding hydrogens is 728 g/mol. The number of nitrogen functional groups attached to an aromatic ring is 3. The molecule has 0 spiro atoms. The largest absolute Gasteiger partial charge is 0.498 e. The number of imidazole rings is 3. The first-order valence-corrected chi connectivity index (χ1v) is 17.7. The topological polar surface area (TPSA) is 386 Å². The van der Waals surface area contributed by atoms with Crippen LogP contribution in [0.15, 0.2) is 36.2 Å². The van der Waals surface area contributed by atoms with Gasteiger partial charge in [-0.1, -0.05) is 0 Å². The third kappa shape index (κ3) is 5.95. The number of ether oxygens (including phenoxy) is 2. The molecule has 2 unspecified atom stereocenters. The van der Waals surface area contributed by atoms with E-state index in [0.29, 0.717) is 8.68 Å². The molecular formula is C23H30N13O13P2+. The van der Waals surface area contributed by atoms with Gasteiger partial charge in [0.05, 0.1) is 25.9 Å². The van der Waals surface area contributed by atoms with Crippen molar-refractivity contribution in [3.8, 4) is 0 Å². The molecule has 2 saturated heterocycles. The van der Waals surface area contributed by atoms with Gasteiger partial charge in [0.15, 0.2) is 35.1 Å². The molecule has 7 heterocycles. The SMILES string of the molecule is Nc1nc2c(ncn2[C@@H]2O[C@H](COP(=O)(O)[n+]3ccn(P(=O)(O)OC[C@H]4O[C@@H](n5cnc6c(N)ncnc65)[C@H](O)[C@@H]4O)c3N)[C@@H](O)[C@H]2O)c(=O)[nH]1. The molecule has 0 aromatic carbocycles. The first-order chi connectivity index (χ1) is 24.1. The molecule has 2 aliphatic heterocycles. The van der Waals surface area contributed by atoms with Gasteiger partial charge < -0.3 is 41.4 Å². The Morgan fingerprint density at radius 1 is 0.843 bits per heavy atom. The lowest BCUT2D eigenvalue weighted by Crippen LogP contribution is -2.37. The quantitative estimate of drug-likeness (QED) is 0.0602. The molecule has 51 heavy (non-hydrogen) atoms. The average Bonchev–Trinajstić information content (AvgIpc) is 3.89. The summed E-state index contributed by atoms with van der Waals surface area (Å²) in [4.78, 5) is 55.6. The summed E-state index contributed by atoms with van der Waals surface area (Å²) in [6.45, 7) is -1.57. The van der Waals surface area contributed by atoms with Crippen LogP contribution in [-0.2, 0) is 27.7 Å². The number of H-pyrrole nitrogens is 1. The van der Waals surface area contributed by atoms with Crippen molar-refractivity contribution in [2.75, 3.05) is 30.4 Å². The van der Waals surface area contributed by atoms with Crippen LogP contribution in [0.4, 0.5) is 17.7 Å². The van der Waals surface area contributed by atoms with Gasteiger partial charge in [-0.2, -0.15) is 4.98 Å². The predicted molar refractivity (Wildman–Crippen MR) is 166 cm³/mol. The van der Waals surface area contributed by atoms with Crippen molar-refractivity contribution in [2.24, 2.45) is 0 Å². The molecule has 0 amide bonds.